The number of carbonyl (C=O) groups excluding carboxylic acids is 2. The first-order valence-electron chi connectivity index (χ1n) is 12.7. The average molecular weight is 603 g/mol. The Bertz CT molecular complexity index is 1250. The second-order valence-corrected chi connectivity index (χ2v) is 12.9. The maximum absolute atomic E-state index is 13.8. The van der Waals surface area contributed by atoms with Crippen molar-refractivity contribution >= 4 is 62.3 Å². The number of amides is 2. The summed E-state index contributed by atoms with van der Waals surface area (Å²) in [6.07, 6.45) is 6.43. The van der Waals surface area contributed by atoms with E-state index in [2.05, 4.69) is 5.32 Å². The zero-order valence-corrected chi connectivity index (χ0v) is 24.9. The highest BCUT2D eigenvalue weighted by molar-refractivity contribution is 7.92. The van der Waals surface area contributed by atoms with E-state index < -0.39 is 28.5 Å². The van der Waals surface area contributed by atoms with Crippen LogP contribution in [0.2, 0.25) is 15.1 Å². The topological polar surface area (TPSA) is 86.8 Å². The molecule has 0 spiro atoms. The highest BCUT2D eigenvalue weighted by Gasteiger charge is 2.33. The number of halogens is 3. The summed E-state index contributed by atoms with van der Waals surface area (Å²) >= 11 is 18.5. The van der Waals surface area contributed by atoms with Gasteiger partial charge in [0.25, 0.3) is 0 Å². The van der Waals surface area contributed by atoms with E-state index in [1.54, 1.807) is 0 Å². The Balaban J connectivity index is 1.95. The van der Waals surface area contributed by atoms with Crippen molar-refractivity contribution in [3.63, 3.8) is 0 Å². The van der Waals surface area contributed by atoms with Gasteiger partial charge in [-0.05, 0) is 43.9 Å². The van der Waals surface area contributed by atoms with E-state index in [1.807, 2.05) is 38.1 Å². The molecule has 1 aliphatic carbocycles. The first-order chi connectivity index (χ1) is 17.9. The lowest BCUT2D eigenvalue weighted by Gasteiger charge is -2.34. The largest absolute Gasteiger partial charge is 0.352 e. The number of nitrogens with one attached hydrogen (secondary N) is 1. The lowest BCUT2D eigenvalue weighted by Crippen LogP contribution is -2.54. The molecule has 0 aliphatic heterocycles. The Morgan fingerprint density at radius 1 is 1.00 bits per heavy atom. The molecule has 1 atom stereocenters. The van der Waals surface area contributed by atoms with Gasteiger partial charge in [0.15, 0.2) is 0 Å². The normalized spacial score (nSPS) is 15.1. The first-order valence-corrected chi connectivity index (χ1v) is 15.7. The quantitative estimate of drug-likeness (QED) is 0.339. The molecule has 1 aliphatic rings. The highest BCUT2D eigenvalue weighted by Crippen LogP contribution is 2.35. The van der Waals surface area contributed by atoms with Gasteiger partial charge < -0.3 is 10.2 Å². The van der Waals surface area contributed by atoms with Gasteiger partial charge in [-0.25, -0.2) is 8.42 Å². The molecule has 7 nitrogen and oxygen atoms in total. The predicted molar refractivity (Wildman–Crippen MR) is 154 cm³/mol. The van der Waals surface area contributed by atoms with E-state index >= 15 is 0 Å². The fraction of sp³-hybridized carbons (Fsp3) is 0.481. The summed E-state index contributed by atoms with van der Waals surface area (Å²) in [6.45, 7) is 3.38. The predicted octanol–water partition coefficient (Wildman–Crippen LogP) is 5.98. The van der Waals surface area contributed by atoms with E-state index in [-0.39, 0.29) is 39.2 Å². The molecule has 38 heavy (non-hydrogen) atoms. The lowest BCUT2D eigenvalue weighted by atomic mass is 9.95. The number of sulfonamides is 1. The minimum Gasteiger partial charge on any atom is -0.352 e. The van der Waals surface area contributed by atoms with Gasteiger partial charge in [-0.3, -0.25) is 13.9 Å². The fourth-order valence-electron chi connectivity index (χ4n) is 4.65. The first kappa shape index (κ1) is 30.5. The Morgan fingerprint density at radius 3 is 2.18 bits per heavy atom. The summed E-state index contributed by atoms with van der Waals surface area (Å²) < 4.78 is 26.5. The summed E-state index contributed by atoms with van der Waals surface area (Å²) in [4.78, 5) is 28.7. The van der Waals surface area contributed by atoms with Crippen molar-refractivity contribution in [1.29, 1.82) is 0 Å². The van der Waals surface area contributed by atoms with Gasteiger partial charge in [0.05, 0.1) is 27.0 Å². The number of benzene rings is 2. The van der Waals surface area contributed by atoms with Crippen LogP contribution in [0.15, 0.2) is 36.4 Å². The van der Waals surface area contributed by atoms with Crippen LogP contribution in [0.25, 0.3) is 0 Å². The van der Waals surface area contributed by atoms with Crippen molar-refractivity contribution in [2.24, 2.45) is 0 Å². The Kier molecular flexibility index (Phi) is 10.7. The van der Waals surface area contributed by atoms with E-state index in [0.29, 0.717) is 6.42 Å². The van der Waals surface area contributed by atoms with Crippen molar-refractivity contribution in [2.45, 2.75) is 71.0 Å². The maximum atomic E-state index is 13.8. The van der Waals surface area contributed by atoms with Crippen LogP contribution in [-0.4, -0.2) is 50.0 Å². The molecule has 11 heteroatoms. The summed E-state index contributed by atoms with van der Waals surface area (Å²) in [5.74, 6) is -0.776. The molecule has 1 saturated carbocycles. The van der Waals surface area contributed by atoms with Crippen molar-refractivity contribution in [3.05, 3.63) is 62.6 Å². The van der Waals surface area contributed by atoms with Crippen molar-refractivity contribution < 1.29 is 18.0 Å². The molecule has 2 aromatic rings. The van der Waals surface area contributed by atoms with Crippen LogP contribution in [0, 0.1) is 6.92 Å². The second-order valence-electron chi connectivity index (χ2n) is 9.76. The molecule has 0 radical (unpaired) electrons. The van der Waals surface area contributed by atoms with E-state index in [1.165, 1.54) is 17.0 Å². The minimum atomic E-state index is -3.95. The summed E-state index contributed by atoms with van der Waals surface area (Å²) in [5.41, 5.74) is 1.92. The van der Waals surface area contributed by atoms with Gasteiger partial charge in [-0.1, -0.05) is 90.8 Å². The van der Waals surface area contributed by atoms with E-state index in [9.17, 15) is 18.0 Å². The smallest absolute Gasteiger partial charge is 0.244 e. The second kappa shape index (κ2) is 13.4. The molecule has 2 amide bonds. The standard InChI is InChI=1S/C27H34Cl3N3O4S/c1-4-24(27(35)31-20-8-6-5-7-9-20)32(16-19-12-10-18(2)11-13-19)26(34)17-33(38(3,36)37)25-15-22(29)21(28)14-23(25)30/h10-15,20,24H,4-9,16-17H2,1-3H3,(H,31,35)/t24-/m1/s1. The van der Waals surface area contributed by atoms with Gasteiger partial charge in [0, 0.05) is 12.6 Å². The summed E-state index contributed by atoms with van der Waals surface area (Å²) in [6, 6.07) is 9.59. The third-order valence-corrected chi connectivity index (χ3v) is 8.90. The third-order valence-electron chi connectivity index (χ3n) is 6.75. The lowest BCUT2D eigenvalue weighted by molar-refractivity contribution is -0.140. The molecule has 0 saturated heterocycles. The fourth-order valence-corrected chi connectivity index (χ4v) is 6.20. The van der Waals surface area contributed by atoms with Gasteiger partial charge in [-0.15, -0.1) is 0 Å². The van der Waals surface area contributed by atoms with Gasteiger partial charge >= 0.3 is 0 Å². The number of hydrogen-bond acceptors (Lipinski definition) is 4. The molecule has 3 rings (SSSR count). The number of nitrogens with zero attached hydrogens (tertiary/aromatic N) is 2. The van der Waals surface area contributed by atoms with Crippen molar-refractivity contribution in [2.75, 3.05) is 17.1 Å². The number of anilines is 1. The van der Waals surface area contributed by atoms with Crippen molar-refractivity contribution in [1.82, 2.24) is 10.2 Å². The zero-order chi connectivity index (χ0) is 28.0. The Hall–Kier alpha value is -2.00. The monoisotopic (exact) mass is 601 g/mol. The molecule has 1 fully saturated rings. The molecular formula is C27H34Cl3N3O4S. The summed E-state index contributed by atoms with van der Waals surface area (Å²) in [7, 11) is -3.95. The van der Waals surface area contributed by atoms with Crippen LogP contribution >= 0.6 is 34.8 Å². The minimum absolute atomic E-state index is 0.0322. The zero-order valence-electron chi connectivity index (χ0n) is 21.8. The van der Waals surface area contributed by atoms with Gasteiger partial charge in [0.1, 0.15) is 12.6 Å². The van der Waals surface area contributed by atoms with E-state index in [4.69, 9.17) is 34.8 Å². The van der Waals surface area contributed by atoms with Crippen LogP contribution in [0.4, 0.5) is 5.69 Å². The molecule has 1 N–H and O–H groups in total. The molecule has 2 aromatic carbocycles. The van der Waals surface area contributed by atoms with Crippen LogP contribution < -0.4 is 9.62 Å². The van der Waals surface area contributed by atoms with Crippen LogP contribution in [0.1, 0.15) is 56.6 Å². The van der Waals surface area contributed by atoms with E-state index in [0.717, 1.165) is 53.8 Å². The molecule has 0 bridgehead atoms. The molecule has 208 valence electrons. The number of rotatable bonds is 10. The SMILES string of the molecule is CC[C@H](C(=O)NC1CCCCC1)N(Cc1ccc(C)cc1)C(=O)CN(c1cc(Cl)c(Cl)cc1Cl)S(C)(=O)=O. The van der Waals surface area contributed by atoms with Crippen molar-refractivity contribution in [3.8, 4) is 0 Å². The summed E-state index contributed by atoms with van der Waals surface area (Å²) in [5, 5.41) is 3.41. The van der Waals surface area contributed by atoms with Gasteiger partial charge in [0.2, 0.25) is 21.8 Å². The number of aryl methyl sites for hydroxylation is 1. The molecule has 0 aromatic heterocycles. The Labute approximate surface area is 240 Å². The molecular weight excluding hydrogens is 569 g/mol. The van der Waals surface area contributed by atoms with Crippen LogP contribution in [0.3, 0.4) is 0 Å². The van der Waals surface area contributed by atoms with Crippen LogP contribution in [0.5, 0.6) is 0 Å². The molecule has 0 heterocycles. The molecule has 0 unspecified atom stereocenters. The number of carbonyl (C=O) groups is 2. The maximum Gasteiger partial charge on any atom is 0.244 e. The van der Waals surface area contributed by atoms with Crippen LogP contribution in [-0.2, 0) is 26.2 Å². The third kappa shape index (κ3) is 8.01. The Morgan fingerprint density at radius 2 is 1.61 bits per heavy atom. The highest BCUT2D eigenvalue weighted by atomic mass is 35.5. The van der Waals surface area contributed by atoms with Gasteiger partial charge in [-0.2, -0.15) is 0 Å². The average Bonchev–Trinajstić information content (AvgIpc) is 2.86. The number of hydrogen-bond donors (Lipinski definition) is 1.